The van der Waals surface area contributed by atoms with Gasteiger partial charge >= 0.3 is 0 Å². The Labute approximate surface area is 136 Å². The maximum atomic E-state index is 13.6. The highest BCUT2D eigenvalue weighted by Crippen LogP contribution is 2.23. The lowest BCUT2D eigenvalue weighted by Gasteiger charge is -2.26. The quantitative estimate of drug-likeness (QED) is 0.875. The predicted octanol–water partition coefficient (Wildman–Crippen LogP) is 2.71. The standard InChI is InChI=1S/C16H14F3N3O2/c17-11-2-4-12(15(19)14(11)18)21-10-1-3-13(20-9-10)16(23)22-5-7-24-8-6-22/h1-4,9,21H,5-8H2. The Kier molecular flexibility index (Phi) is 4.66. The zero-order valence-electron chi connectivity index (χ0n) is 12.6. The van der Waals surface area contributed by atoms with E-state index in [2.05, 4.69) is 10.3 Å². The molecule has 126 valence electrons. The smallest absolute Gasteiger partial charge is 0.272 e. The van der Waals surface area contributed by atoms with Gasteiger partial charge in [0.15, 0.2) is 17.5 Å². The van der Waals surface area contributed by atoms with Crippen LogP contribution in [-0.2, 0) is 4.74 Å². The highest BCUT2D eigenvalue weighted by molar-refractivity contribution is 5.92. The topological polar surface area (TPSA) is 54.5 Å². The molecule has 1 aromatic heterocycles. The summed E-state index contributed by atoms with van der Waals surface area (Å²) in [6.45, 7) is 1.97. The molecule has 1 saturated heterocycles. The molecule has 2 heterocycles. The monoisotopic (exact) mass is 337 g/mol. The number of hydrogen-bond acceptors (Lipinski definition) is 4. The van der Waals surface area contributed by atoms with Crippen molar-refractivity contribution < 1.29 is 22.7 Å². The summed E-state index contributed by atoms with van der Waals surface area (Å²) in [5, 5.41) is 2.60. The number of pyridine rings is 1. The summed E-state index contributed by atoms with van der Waals surface area (Å²) in [5.41, 5.74) is 0.370. The van der Waals surface area contributed by atoms with Gasteiger partial charge in [0.05, 0.1) is 30.8 Å². The lowest BCUT2D eigenvalue weighted by atomic mass is 10.2. The van der Waals surface area contributed by atoms with Crippen LogP contribution in [0.2, 0.25) is 0 Å². The number of aromatic nitrogens is 1. The van der Waals surface area contributed by atoms with Gasteiger partial charge in [0.25, 0.3) is 5.91 Å². The molecule has 5 nitrogen and oxygen atoms in total. The van der Waals surface area contributed by atoms with Gasteiger partial charge in [-0.2, -0.15) is 0 Å². The molecule has 0 atom stereocenters. The molecular weight excluding hydrogens is 323 g/mol. The van der Waals surface area contributed by atoms with Crippen molar-refractivity contribution in [3.63, 3.8) is 0 Å². The van der Waals surface area contributed by atoms with Crippen molar-refractivity contribution in [3.8, 4) is 0 Å². The van der Waals surface area contributed by atoms with E-state index in [9.17, 15) is 18.0 Å². The van der Waals surface area contributed by atoms with Gasteiger partial charge in [-0.3, -0.25) is 4.79 Å². The van der Waals surface area contributed by atoms with E-state index in [-0.39, 0.29) is 17.3 Å². The van der Waals surface area contributed by atoms with Crippen molar-refractivity contribution in [1.82, 2.24) is 9.88 Å². The maximum Gasteiger partial charge on any atom is 0.272 e. The highest BCUT2D eigenvalue weighted by Gasteiger charge is 2.19. The minimum Gasteiger partial charge on any atom is -0.378 e. The molecule has 1 N–H and O–H groups in total. The Bertz CT molecular complexity index is 747. The van der Waals surface area contributed by atoms with Crippen LogP contribution in [0, 0.1) is 17.5 Å². The van der Waals surface area contributed by atoms with Crippen LogP contribution >= 0.6 is 0 Å². The second-order valence-corrected chi connectivity index (χ2v) is 5.18. The van der Waals surface area contributed by atoms with Crippen LogP contribution in [0.4, 0.5) is 24.5 Å². The zero-order valence-corrected chi connectivity index (χ0v) is 12.6. The second-order valence-electron chi connectivity index (χ2n) is 5.18. The Morgan fingerprint density at radius 2 is 1.83 bits per heavy atom. The van der Waals surface area contributed by atoms with Crippen LogP contribution in [0.3, 0.4) is 0 Å². The third kappa shape index (κ3) is 3.33. The molecule has 1 aliphatic rings. The second kappa shape index (κ2) is 6.88. The summed E-state index contributed by atoms with van der Waals surface area (Å²) in [6, 6.07) is 4.91. The van der Waals surface area contributed by atoms with Gasteiger partial charge in [0.1, 0.15) is 5.69 Å². The number of amides is 1. The number of ether oxygens (including phenoxy) is 1. The minimum absolute atomic E-state index is 0.219. The van der Waals surface area contributed by atoms with Gasteiger partial charge in [-0.25, -0.2) is 18.2 Å². The van der Waals surface area contributed by atoms with Crippen LogP contribution in [0.25, 0.3) is 0 Å². The molecule has 0 saturated carbocycles. The summed E-state index contributed by atoms with van der Waals surface area (Å²) >= 11 is 0. The normalized spacial score (nSPS) is 14.5. The number of halogens is 3. The van der Waals surface area contributed by atoms with Crippen LogP contribution in [0.1, 0.15) is 10.5 Å². The number of hydrogen-bond donors (Lipinski definition) is 1. The average molecular weight is 337 g/mol. The molecular formula is C16H14F3N3O2. The van der Waals surface area contributed by atoms with Gasteiger partial charge in [-0.15, -0.1) is 0 Å². The number of benzene rings is 1. The third-order valence-electron chi connectivity index (χ3n) is 3.60. The fraction of sp³-hybridized carbons (Fsp3) is 0.250. The largest absolute Gasteiger partial charge is 0.378 e. The first-order valence-corrected chi connectivity index (χ1v) is 7.30. The first-order chi connectivity index (χ1) is 11.6. The molecule has 0 aliphatic carbocycles. The molecule has 0 radical (unpaired) electrons. The van der Waals surface area contributed by atoms with Crippen molar-refractivity contribution in [2.45, 2.75) is 0 Å². The summed E-state index contributed by atoms with van der Waals surface area (Å²) in [5.74, 6) is -4.35. The highest BCUT2D eigenvalue weighted by atomic mass is 19.2. The van der Waals surface area contributed by atoms with Crippen LogP contribution in [0.5, 0.6) is 0 Å². The minimum atomic E-state index is -1.55. The van der Waals surface area contributed by atoms with Crippen molar-refractivity contribution >= 4 is 17.3 Å². The molecule has 24 heavy (non-hydrogen) atoms. The molecule has 1 aromatic carbocycles. The van der Waals surface area contributed by atoms with Gasteiger partial charge in [0.2, 0.25) is 0 Å². The number of carbonyl (C=O) groups excluding carboxylic acids is 1. The van der Waals surface area contributed by atoms with Gasteiger partial charge in [-0.1, -0.05) is 0 Å². The summed E-state index contributed by atoms with van der Waals surface area (Å²) in [4.78, 5) is 17.9. The van der Waals surface area contributed by atoms with Crippen molar-refractivity contribution in [2.75, 3.05) is 31.6 Å². The summed E-state index contributed by atoms with van der Waals surface area (Å²) in [7, 11) is 0. The van der Waals surface area contributed by atoms with Crippen LogP contribution in [-0.4, -0.2) is 42.1 Å². The molecule has 1 fully saturated rings. The van der Waals surface area contributed by atoms with Crippen molar-refractivity contribution in [3.05, 3.63) is 53.6 Å². The molecule has 0 spiro atoms. The zero-order chi connectivity index (χ0) is 17.1. The molecule has 0 unspecified atom stereocenters. The van der Waals surface area contributed by atoms with E-state index in [0.29, 0.717) is 32.0 Å². The molecule has 0 bridgehead atoms. The number of nitrogens with one attached hydrogen (secondary N) is 1. The molecule has 1 amide bonds. The lowest BCUT2D eigenvalue weighted by molar-refractivity contribution is 0.0299. The average Bonchev–Trinajstić information content (AvgIpc) is 2.63. The van der Waals surface area contributed by atoms with E-state index < -0.39 is 17.5 Å². The Balaban J connectivity index is 1.73. The maximum absolute atomic E-state index is 13.6. The number of morpholine rings is 1. The lowest BCUT2D eigenvalue weighted by Crippen LogP contribution is -2.41. The number of carbonyl (C=O) groups is 1. The molecule has 2 aromatic rings. The first kappa shape index (κ1) is 16.3. The van der Waals surface area contributed by atoms with E-state index in [1.807, 2.05) is 0 Å². The third-order valence-corrected chi connectivity index (χ3v) is 3.60. The van der Waals surface area contributed by atoms with E-state index in [4.69, 9.17) is 4.74 Å². The Morgan fingerprint density at radius 3 is 2.50 bits per heavy atom. The number of rotatable bonds is 3. The van der Waals surface area contributed by atoms with Crippen molar-refractivity contribution in [1.29, 1.82) is 0 Å². The van der Waals surface area contributed by atoms with Crippen molar-refractivity contribution in [2.24, 2.45) is 0 Å². The van der Waals surface area contributed by atoms with Gasteiger partial charge in [0, 0.05) is 13.1 Å². The fourth-order valence-electron chi connectivity index (χ4n) is 2.30. The van der Waals surface area contributed by atoms with Gasteiger partial charge in [-0.05, 0) is 24.3 Å². The van der Waals surface area contributed by atoms with Crippen LogP contribution in [0.15, 0.2) is 30.5 Å². The number of nitrogens with zero attached hydrogens (tertiary/aromatic N) is 2. The van der Waals surface area contributed by atoms with E-state index >= 15 is 0 Å². The van der Waals surface area contributed by atoms with Crippen LogP contribution < -0.4 is 5.32 Å². The Hall–Kier alpha value is -2.61. The summed E-state index contributed by atoms with van der Waals surface area (Å²) < 4.78 is 44.9. The first-order valence-electron chi connectivity index (χ1n) is 7.30. The van der Waals surface area contributed by atoms with E-state index in [1.165, 1.54) is 18.3 Å². The van der Waals surface area contributed by atoms with E-state index in [1.54, 1.807) is 4.90 Å². The fourth-order valence-corrected chi connectivity index (χ4v) is 2.30. The predicted molar refractivity (Wildman–Crippen MR) is 80.6 cm³/mol. The molecule has 3 rings (SSSR count). The molecule has 8 heteroatoms. The number of anilines is 2. The molecule has 1 aliphatic heterocycles. The van der Waals surface area contributed by atoms with Gasteiger partial charge < -0.3 is 15.0 Å². The summed E-state index contributed by atoms with van der Waals surface area (Å²) in [6.07, 6.45) is 1.33. The SMILES string of the molecule is O=C(c1ccc(Nc2ccc(F)c(F)c2F)cn1)N1CCOCC1. The Morgan fingerprint density at radius 1 is 1.08 bits per heavy atom. The van der Waals surface area contributed by atoms with E-state index in [0.717, 1.165) is 12.1 Å².